The zero-order chi connectivity index (χ0) is 15.2. The number of carbonyl (C=O) groups excluding carboxylic acids is 1. The summed E-state index contributed by atoms with van der Waals surface area (Å²) in [6, 6.07) is 9.59. The molecule has 0 unspecified atom stereocenters. The smallest absolute Gasteiger partial charge is 0.319 e. The number of hydrogen-bond acceptors (Lipinski definition) is 2. The molecule has 2 amide bonds. The number of amides is 2. The van der Waals surface area contributed by atoms with Crippen molar-refractivity contribution < 1.29 is 13.6 Å². The summed E-state index contributed by atoms with van der Waals surface area (Å²) in [6.45, 7) is 0.268. The van der Waals surface area contributed by atoms with Crippen LogP contribution in [0.4, 0.5) is 25.0 Å². The Morgan fingerprint density at radius 2 is 1.67 bits per heavy atom. The highest BCUT2D eigenvalue weighted by atomic mass is 19.1. The number of anilines is 2. The maximum Gasteiger partial charge on any atom is 0.319 e. The van der Waals surface area contributed by atoms with E-state index in [-0.39, 0.29) is 6.54 Å². The lowest BCUT2D eigenvalue weighted by Crippen LogP contribution is -2.30. The number of nitrogens with one attached hydrogen (secondary N) is 2. The molecule has 0 fully saturated rings. The summed E-state index contributed by atoms with van der Waals surface area (Å²) in [7, 11) is 0. The monoisotopic (exact) mass is 291 g/mol. The number of nitrogen functional groups attached to an aromatic ring is 1. The molecule has 0 radical (unpaired) electrons. The van der Waals surface area contributed by atoms with Crippen molar-refractivity contribution in [2.75, 3.05) is 17.6 Å². The fourth-order valence-corrected chi connectivity index (χ4v) is 1.82. The van der Waals surface area contributed by atoms with Gasteiger partial charge in [0.15, 0.2) is 0 Å². The molecular formula is C15H15F2N3O. The Labute approximate surface area is 121 Å². The SMILES string of the molecule is Nc1ccc(NC(=O)NCCc2cc(F)cc(F)c2)cc1. The van der Waals surface area contributed by atoms with Crippen LogP contribution in [0, 0.1) is 11.6 Å². The van der Waals surface area contributed by atoms with Gasteiger partial charge in [0.25, 0.3) is 0 Å². The quantitative estimate of drug-likeness (QED) is 0.758. The third-order valence-electron chi connectivity index (χ3n) is 2.79. The van der Waals surface area contributed by atoms with Crippen molar-refractivity contribution in [2.45, 2.75) is 6.42 Å². The second-order valence-corrected chi connectivity index (χ2v) is 4.53. The van der Waals surface area contributed by atoms with Crippen LogP contribution in [0.3, 0.4) is 0 Å². The lowest BCUT2D eigenvalue weighted by molar-refractivity contribution is 0.252. The minimum Gasteiger partial charge on any atom is -0.399 e. The topological polar surface area (TPSA) is 67.1 Å². The van der Waals surface area contributed by atoms with Crippen LogP contribution in [0.1, 0.15) is 5.56 Å². The Hall–Kier alpha value is -2.63. The number of halogens is 2. The highest BCUT2D eigenvalue weighted by Gasteiger charge is 2.03. The minimum absolute atomic E-state index is 0.268. The van der Waals surface area contributed by atoms with Gasteiger partial charge in [-0.1, -0.05) is 0 Å². The van der Waals surface area contributed by atoms with Crippen LogP contribution in [0.2, 0.25) is 0 Å². The Balaban J connectivity index is 1.80. The molecule has 21 heavy (non-hydrogen) atoms. The number of benzene rings is 2. The van der Waals surface area contributed by atoms with E-state index in [0.717, 1.165) is 6.07 Å². The number of rotatable bonds is 4. The van der Waals surface area contributed by atoms with E-state index in [9.17, 15) is 13.6 Å². The van der Waals surface area contributed by atoms with Gasteiger partial charge in [-0.2, -0.15) is 0 Å². The van der Waals surface area contributed by atoms with Gasteiger partial charge in [-0.25, -0.2) is 13.6 Å². The predicted octanol–water partition coefficient (Wildman–Crippen LogP) is 2.91. The third kappa shape index (κ3) is 4.76. The molecule has 0 saturated heterocycles. The van der Waals surface area contributed by atoms with Gasteiger partial charge in [-0.15, -0.1) is 0 Å². The van der Waals surface area contributed by atoms with E-state index in [4.69, 9.17) is 5.73 Å². The maximum absolute atomic E-state index is 13.0. The number of hydrogen-bond donors (Lipinski definition) is 3. The Morgan fingerprint density at radius 3 is 2.29 bits per heavy atom. The fourth-order valence-electron chi connectivity index (χ4n) is 1.82. The van der Waals surface area contributed by atoms with Crippen LogP contribution in [0.15, 0.2) is 42.5 Å². The summed E-state index contributed by atoms with van der Waals surface area (Å²) in [5.74, 6) is -1.26. The fraction of sp³-hybridized carbons (Fsp3) is 0.133. The first-order chi connectivity index (χ1) is 10.0. The molecule has 2 aromatic carbocycles. The standard InChI is InChI=1S/C15H15F2N3O/c16-11-7-10(8-12(17)9-11)5-6-19-15(21)20-14-3-1-13(18)2-4-14/h1-4,7-9H,5-6,18H2,(H2,19,20,21). The zero-order valence-corrected chi connectivity index (χ0v) is 11.2. The first-order valence-electron chi connectivity index (χ1n) is 6.38. The van der Waals surface area contributed by atoms with Gasteiger partial charge in [0.05, 0.1) is 0 Å². The lowest BCUT2D eigenvalue weighted by Gasteiger charge is -2.08. The van der Waals surface area contributed by atoms with Crippen molar-refractivity contribution in [2.24, 2.45) is 0 Å². The molecule has 0 saturated carbocycles. The van der Waals surface area contributed by atoms with Gasteiger partial charge in [-0.05, 0) is 48.4 Å². The van der Waals surface area contributed by atoms with E-state index in [0.29, 0.717) is 23.4 Å². The summed E-state index contributed by atoms with van der Waals surface area (Å²) in [5, 5.41) is 5.23. The summed E-state index contributed by atoms with van der Waals surface area (Å²) in [6.07, 6.45) is 0.337. The summed E-state index contributed by atoms with van der Waals surface area (Å²) < 4.78 is 26.0. The average molecular weight is 291 g/mol. The first kappa shape index (κ1) is 14.8. The molecule has 2 rings (SSSR count). The molecule has 0 spiro atoms. The second kappa shape index (κ2) is 6.69. The summed E-state index contributed by atoms with van der Waals surface area (Å²) in [5.41, 5.74) is 7.24. The van der Waals surface area contributed by atoms with Gasteiger partial charge in [0.1, 0.15) is 11.6 Å². The molecule has 0 bridgehead atoms. The van der Waals surface area contributed by atoms with Gasteiger partial charge in [-0.3, -0.25) is 0 Å². The molecule has 6 heteroatoms. The van der Waals surface area contributed by atoms with Crippen LogP contribution in [0.5, 0.6) is 0 Å². The number of nitrogens with two attached hydrogens (primary N) is 1. The number of urea groups is 1. The average Bonchev–Trinajstić information content (AvgIpc) is 2.40. The van der Waals surface area contributed by atoms with E-state index in [1.54, 1.807) is 24.3 Å². The summed E-state index contributed by atoms with van der Waals surface area (Å²) in [4.78, 5) is 11.6. The van der Waals surface area contributed by atoms with Crippen LogP contribution < -0.4 is 16.4 Å². The highest BCUT2D eigenvalue weighted by molar-refractivity contribution is 5.89. The molecule has 0 aliphatic rings. The van der Waals surface area contributed by atoms with Crippen molar-refractivity contribution in [3.05, 3.63) is 59.7 Å². The highest BCUT2D eigenvalue weighted by Crippen LogP contribution is 2.10. The van der Waals surface area contributed by atoms with E-state index in [1.807, 2.05) is 0 Å². The molecular weight excluding hydrogens is 276 g/mol. The molecule has 0 aliphatic carbocycles. The minimum atomic E-state index is -0.628. The first-order valence-corrected chi connectivity index (χ1v) is 6.38. The van der Waals surface area contributed by atoms with Crippen molar-refractivity contribution >= 4 is 17.4 Å². The molecule has 2 aromatic rings. The van der Waals surface area contributed by atoms with Gasteiger partial charge < -0.3 is 16.4 Å². The molecule has 0 heterocycles. The predicted molar refractivity (Wildman–Crippen MR) is 77.9 cm³/mol. The van der Waals surface area contributed by atoms with Crippen molar-refractivity contribution in [1.29, 1.82) is 0 Å². The van der Waals surface area contributed by atoms with E-state index in [1.165, 1.54) is 12.1 Å². The van der Waals surface area contributed by atoms with Gasteiger partial charge in [0.2, 0.25) is 0 Å². The second-order valence-electron chi connectivity index (χ2n) is 4.53. The largest absolute Gasteiger partial charge is 0.399 e. The Bertz CT molecular complexity index is 609. The molecule has 110 valence electrons. The van der Waals surface area contributed by atoms with Crippen molar-refractivity contribution in [1.82, 2.24) is 5.32 Å². The van der Waals surface area contributed by atoms with Gasteiger partial charge in [0, 0.05) is 24.0 Å². The van der Waals surface area contributed by atoms with E-state index >= 15 is 0 Å². The molecule has 4 nitrogen and oxygen atoms in total. The van der Waals surface area contributed by atoms with Crippen LogP contribution in [-0.4, -0.2) is 12.6 Å². The van der Waals surface area contributed by atoms with Crippen molar-refractivity contribution in [3.8, 4) is 0 Å². The Morgan fingerprint density at radius 1 is 1.05 bits per heavy atom. The molecule has 0 atom stereocenters. The zero-order valence-electron chi connectivity index (χ0n) is 11.2. The normalized spacial score (nSPS) is 10.2. The van der Waals surface area contributed by atoms with Gasteiger partial charge >= 0.3 is 6.03 Å². The van der Waals surface area contributed by atoms with Crippen LogP contribution in [0.25, 0.3) is 0 Å². The van der Waals surface area contributed by atoms with E-state index in [2.05, 4.69) is 10.6 Å². The molecule has 0 aromatic heterocycles. The lowest BCUT2D eigenvalue weighted by atomic mass is 10.1. The molecule has 4 N–H and O–H groups in total. The van der Waals surface area contributed by atoms with Crippen LogP contribution >= 0.6 is 0 Å². The maximum atomic E-state index is 13.0. The van der Waals surface area contributed by atoms with Crippen LogP contribution in [-0.2, 0) is 6.42 Å². The van der Waals surface area contributed by atoms with E-state index < -0.39 is 17.7 Å². The van der Waals surface area contributed by atoms with Crippen molar-refractivity contribution in [3.63, 3.8) is 0 Å². The molecule has 0 aliphatic heterocycles. The number of carbonyl (C=O) groups is 1. The third-order valence-corrected chi connectivity index (χ3v) is 2.79. The summed E-state index contributed by atoms with van der Waals surface area (Å²) >= 11 is 0. The Kier molecular flexibility index (Phi) is 4.71.